The predicted molar refractivity (Wildman–Crippen MR) is 71.9 cm³/mol. The molecule has 1 fully saturated rings. The molecule has 5 heteroatoms. The van der Waals surface area contributed by atoms with Crippen LogP contribution in [0.4, 0.5) is 0 Å². The molecule has 2 heterocycles. The molecular formula is C14H23N3O2. The topological polar surface area (TPSA) is 59.3 Å². The lowest BCUT2D eigenvalue weighted by molar-refractivity contribution is -0.0280. The average molecular weight is 265 g/mol. The molecule has 1 aromatic rings. The predicted octanol–water partition coefficient (Wildman–Crippen LogP) is 0.927. The van der Waals surface area contributed by atoms with Gasteiger partial charge in [0.05, 0.1) is 12.3 Å². The summed E-state index contributed by atoms with van der Waals surface area (Å²) >= 11 is 0. The Morgan fingerprint density at radius 1 is 1.63 bits per heavy atom. The highest BCUT2D eigenvalue weighted by molar-refractivity contribution is 5.24. The molecule has 19 heavy (non-hydrogen) atoms. The van der Waals surface area contributed by atoms with E-state index in [4.69, 9.17) is 4.74 Å². The first kappa shape index (κ1) is 13.1. The van der Waals surface area contributed by atoms with Gasteiger partial charge in [0.15, 0.2) is 0 Å². The summed E-state index contributed by atoms with van der Waals surface area (Å²) in [4.78, 5) is 0. The molecular weight excluding hydrogens is 242 g/mol. The number of hydrogen-bond donors (Lipinski definition) is 2. The quantitative estimate of drug-likeness (QED) is 0.853. The maximum atomic E-state index is 10.5. The Balaban J connectivity index is 1.68. The second kappa shape index (κ2) is 4.89. The molecule has 0 saturated carbocycles. The van der Waals surface area contributed by atoms with Crippen LogP contribution in [0, 0.1) is 0 Å². The molecule has 0 radical (unpaired) electrons. The van der Waals surface area contributed by atoms with Crippen LogP contribution in [-0.2, 0) is 18.2 Å². The lowest BCUT2D eigenvalue weighted by Gasteiger charge is -2.31. The van der Waals surface area contributed by atoms with Gasteiger partial charge in [-0.15, -0.1) is 0 Å². The zero-order valence-corrected chi connectivity index (χ0v) is 11.7. The van der Waals surface area contributed by atoms with Crippen LogP contribution in [0.1, 0.15) is 43.5 Å². The zero-order chi connectivity index (χ0) is 13.5. The van der Waals surface area contributed by atoms with Crippen molar-refractivity contribution >= 4 is 0 Å². The first-order chi connectivity index (χ1) is 9.10. The smallest absolute Gasteiger partial charge is 0.105 e. The summed E-state index contributed by atoms with van der Waals surface area (Å²) in [5.41, 5.74) is 1.90. The average Bonchev–Trinajstić information content (AvgIpc) is 2.93. The summed E-state index contributed by atoms with van der Waals surface area (Å²) in [6.45, 7) is 3.19. The molecule has 2 N–H and O–H groups in total. The number of aliphatic hydroxyl groups is 1. The van der Waals surface area contributed by atoms with Crippen LogP contribution in [0.25, 0.3) is 0 Å². The molecule has 1 saturated heterocycles. The van der Waals surface area contributed by atoms with Crippen molar-refractivity contribution in [1.82, 2.24) is 15.1 Å². The molecule has 3 rings (SSSR count). The molecule has 0 bridgehead atoms. The van der Waals surface area contributed by atoms with Gasteiger partial charge < -0.3 is 15.2 Å². The van der Waals surface area contributed by atoms with Crippen LogP contribution in [0.2, 0.25) is 0 Å². The number of hydrogen-bond acceptors (Lipinski definition) is 4. The number of aryl methyl sites for hydroxylation is 1. The van der Waals surface area contributed by atoms with Crippen molar-refractivity contribution in [1.29, 1.82) is 0 Å². The van der Waals surface area contributed by atoms with Crippen molar-refractivity contribution in [2.75, 3.05) is 13.2 Å². The minimum absolute atomic E-state index is 0.0861. The Bertz CT molecular complexity index is 460. The Labute approximate surface area is 113 Å². The number of ether oxygens (including phenoxy) is 1. The summed E-state index contributed by atoms with van der Waals surface area (Å²) in [5.74, 6) is 0. The Kier molecular flexibility index (Phi) is 3.37. The second-order valence-electron chi connectivity index (χ2n) is 5.86. The van der Waals surface area contributed by atoms with Gasteiger partial charge in [-0.1, -0.05) is 0 Å². The number of nitrogens with one attached hydrogen (secondary N) is 1. The summed E-state index contributed by atoms with van der Waals surface area (Å²) in [5, 5.41) is 18.4. The van der Waals surface area contributed by atoms with E-state index in [0.717, 1.165) is 12.8 Å². The summed E-state index contributed by atoms with van der Waals surface area (Å²) in [7, 11) is 2.00. The van der Waals surface area contributed by atoms with Gasteiger partial charge in [-0.05, 0) is 26.2 Å². The van der Waals surface area contributed by atoms with E-state index in [0.29, 0.717) is 25.6 Å². The van der Waals surface area contributed by atoms with Crippen LogP contribution in [-0.4, -0.2) is 39.7 Å². The third-order valence-electron chi connectivity index (χ3n) is 4.69. The van der Waals surface area contributed by atoms with E-state index in [-0.39, 0.29) is 6.10 Å². The minimum Gasteiger partial charge on any atom is -0.386 e. The zero-order valence-electron chi connectivity index (χ0n) is 11.7. The van der Waals surface area contributed by atoms with Crippen molar-refractivity contribution in [2.45, 2.75) is 50.4 Å². The Hall–Kier alpha value is -0.910. The van der Waals surface area contributed by atoms with E-state index in [2.05, 4.69) is 10.4 Å². The molecule has 106 valence electrons. The highest BCUT2D eigenvalue weighted by atomic mass is 16.5. The normalized spacial score (nSPS) is 34.5. The highest BCUT2D eigenvalue weighted by Gasteiger charge is 2.40. The number of fused-ring (bicyclic) bond motifs is 1. The van der Waals surface area contributed by atoms with Crippen LogP contribution in [0.15, 0.2) is 6.20 Å². The van der Waals surface area contributed by atoms with Crippen LogP contribution in [0.3, 0.4) is 0 Å². The molecule has 3 atom stereocenters. The Morgan fingerprint density at radius 3 is 3.21 bits per heavy atom. The van der Waals surface area contributed by atoms with Crippen molar-refractivity contribution in [2.24, 2.45) is 7.05 Å². The monoisotopic (exact) mass is 265 g/mol. The van der Waals surface area contributed by atoms with E-state index in [1.165, 1.54) is 17.7 Å². The van der Waals surface area contributed by atoms with Crippen molar-refractivity contribution < 1.29 is 9.84 Å². The van der Waals surface area contributed by atoms with Crippen molar-refractivity contribution in [3.63, 3.8) is 0 Å². The molecule has 2 aliphatic rings. The van der Waals surface area contributed by atoms with E-state index in [1.807, 2.05) is 24.9 Å². The number of aromatic nitrogens is 2. The summed E-state index contributed by atoms with van der Waals surface area (Å²) in [6, 6.07) is 0.314. The minimum atomic E-state index is -0.722. The van der Waals surface area contributed by atoms with Crippen molar-refractivity contribution in [3.05, 3.63) is 17.5 Å². The highest BCUT2D eigenvalue weighted by Crippen LogP contribution is 2.31. The second-order valence-corrected chi connectivity index (χ2v) is 5.86. The summed E-state index contributed by atoms with van der Waals surface area (Å²) < 4.78 is 7.45. The molecule has 1 aliphatic heterocycles. The van der Waals surface area contributed by atoms with Crippen LogP contribution >= 0.6 is 0 Å². The number of nitrogens with zero attached hydrogens (tertiary/aromatic N) is 2. The molecule has 1 aromatic heterocycles. The standard InChI is InChI=1S/C14H23N3O2/c1-10-14(18,6-7-19-10)9-15-12-4-3-5-13-11(12)8-16-17(13)2/h8,10,12,15,18H,3-7,9H2,1-2H3. The van der Waals surface area contributed by atoms with Gasteiger partial charge in [-0.25, -0.2) is 0 Å². The third kappa shape index (κ3) is 2.30. The van der Waals surface area contributed by atoms with Gasteiger partial charge in [-0.2, -0.15) is 5.10 Å². The fourth-order valence-electron chi connectivity index (χ4n) is 3.22. The van der Waals surface area contributed by atoms with Gasteiger partial charge in [0, 0.05) is 43.9 Å². The van der Waals surface area contributed by atoms with E-state index >= 15 is 0 Å². The third-order valence-corrected chi connectivity index (χ3v) is 4.69. The summed E-state index contributed by atoms with van der Waals surface area (Å²) in [6.07, 6.45) is 5.99. The maximum absolute atomic E-state index is 10.5. The van der Waals surface area contributed by atoms with E-state index in [9.17, 15) is 5.11 Å². The van der Waals surface area contributed by atoms with Crippen molar-refractivity contribution in [3.8, 4) is 0 Å². The largest absolute Gasteiger partial charge is 0.386 e. The Morgan fingerprint density at radius 2 is 2.47 bits per heavy atom. The first-order valence-corrected chi connectivity index (χ1v) is 7.18. The lowest BCUT2D eigenvalue weighted by Crippen LogP contribution is -2.47. The lowest BCUT2D eigenvalue weighted by atomic mass is 9.91. The van der Waals surface area contributed by atoms with Gasteiger partial charge in [0.25, 0.3) is 0 Å². The molecule has 3 unspecified atom stereocenters. The first-order valence-electron chi connectivity index (χ1n) is 7.18. The van der Waals surface area contributed by atoms with Gasteiger partial charge in [0.2, 0.25) is 0 Å². The fourth-order valence-corrected chi connectivity index (χ4v) is 3.22. The molecule has 1 aliphatic carbocycles. The number of rotatable bonds is 3. The molecule has 0 aromatic carbocycles. The maximum Gasteiger partial charge on any atom is 0.105 e. The van der Waals surface area contributed by atoms with Gasteiger partial charge >= 0.3 is 0 Å². The molecule has 5 nitrogen and oxygen atoms in total. The SMILES string of the molecule is CC1OCCC1(O)CNC1CCCc2c1cnn2C. The van der Waals surface area contributed by atoms with Crippen LogP contribution in [0.5, 0.6) is 0 Å². The fraction of sp³-hybridized carbons (Fsp3) is 0.786. The van der Waals surface area contributed by atoms with E-state index < -0.39 is 5.60 Å². The van der Waals surface area contributed by atoms with Crippen LogP contribution < -0.4 is 5.32 Å². The molecule has 0 spiro atoms. The van der Waals surface area contributed by atoms with Gasteiger partial charge in [-0.3, -0.25) is 4.68 Å². The molecule has 0 amide bonds. The van der Waals surface area contributed by atoms with E-state index in [1.54, 1.807) is 0 Å². The van der Waals surface area contributed by atoms with Gasteiger partial charge in [0.1, 0.15) is 5.60 Å².